The topological polar surface area (TPSA) is 24.9 Å². The predicted octanol–water partition coefficient (Wildman–Crippen LogP) is 4.70. The zero-order chi connectivity index (χ0) is 13.5. The average molecular weight is 301 g/mol. The maximum atomic E-state index is 6.05. The lowest BCUT2D eigenvalue weighted by Crippen LogP contribution is -2.21. The van der Waals surface area contributed by atoms with E-state index in [9.17, 15) is 0 Å². The number of nitrogens with zero attached hydrogens (tertiary/aromatic N) is 1. The van der Waals surface area contributed by atoms with E-state index in [1.807, 2.05) is 18.2 Å². The van der Waals surface area contributed by atoms with Gasteiger partial charge in [0.2, 0.25) is 0 Å². The summed E-state index contributed by atoms with van der Waals surface area (Å²) in [6.45, 7) is 0.949. The number of rotatable bonds is 1. The highest BCUT2D eigenvalue weighted by molar-refractivity contribution is 7.18. The minimum absolute atomic E-state index is 0.445. The van der Waals surface area contributed by atoms with Crippen molar-refractivity contribution in [1.82, 2.24) is 4.98 Å². The summed E-state index contributed by atoms with van der Waals surface area (Å²) < 4.78 is 1.17. The van der Waals surface area contributed by atoms with Crippen molar-refractivity contribution in [2.75, 3.05) is 11.9 Å². The van der Waals surface area contributed by atoms with Gasteiger partial charge in [-0.3, -0.25) is 0 Å². The number of aromatic nitrogens is 1. The Morgan fingerprint density at radius 3 is 3.05 bits per heavy atom. The van der Waals surface area contributed by atoms with Gasteiger partial charge >= 0.3 is 0 Å². The van der Waals surface area contributed by atoms with E-state index in [1.54, 1.807) is 11.3 Å². The van der Waals surface area contributed by atoms with Gasteiger partial charge in [0.15, 0.2) is 0 Å². The van der Waals surface area contributed by atoms with E-state index in [1.165, 1.54) is 21.0 Å². The molecular weight excluding hydrogens is 288 g/mol. The third-order valence-corrected chi connectivity index (χ3v) is 5.15. The van der Waals surface area contributed by atoms with Gasteiger partial charge < -0.3 is 5.32 Å². The van der Waals surface area contributed by atoms with Gasteiger partial charge in [-0.15, -0.1) is 11.3 Å². The average Bonchev–Trinajstić information content (AvgIpc) is 2.89. The second-order valence-electron chi connectivity index (χ2n) is 5.10. The second-order valence-corrected chi connectivity index (χ2v) is 6.60. The van der Waals surface area contributed by atoms with Crippen LogP contribution in [0.3, 0.4) is 0 Å². The predicted molar refractivity (Wildman–Crippen MR) is 86.0 cm³/mol. The molecule has 0 saturated carbocycles. The van der Waals surface area contributed by atoms with Crippen molar-refractivity contribution >= 4 is 38.8 Å². The lowest BCUT2D eigenvalue weighted by molar-refractivity contribution is 0.691. The molecule has 0 fully saturated rings. The second kappa shape index (κ2) is 4.76. The van der Waals surface area contributed by atoms with Crippen molar-refractivity contribution in [2.45, 2.75) is 12.3 Å². The molecule has 1 aliphatic rings. The van der Waals surface area contributed by atoms with E-state index >= 15 is 0 Å². The van der Waals surface area contributed by atoms with Crippen molar-refractivity contribution < 1.29 is 0 Å². The van der Waals surface area contributed by atoms with Crippen LogP contribution < -0.4 is 5.32 Å². The molecule has 1 aliphatic heterocycles. The number of hydrogen-bond acceptors (Lipinski definition) is 3. The molecule has 20 heavy (non-hydrogen) atoms. The van der Waals surface area contributed by atoms with Crippen LogP contribution in [-0.4, -0.2) is 11.5 Å². The van der Waals surface area contributed by atoms with Crippen LogP contribution in [0.5, 0.6) is 0 Å². The Morgan fingerprint density at radius 2 is 2.10 bits per heavy atom. The number of fused-ring (bicyclic) bond motifs is 2. The summed E-state index contributed by atoms with van der Waals surface area (Å²) in [6, 6.07) is 14.4. The largest absolute Gasteiger partial charge is 0.384 e. The van der Waals surface area contributed by atoms with E-state index in [4.69, 9.17) is 16.6 Å². The smallest absolute Gasteiger partial charge is 0.0990 e. The van der Waals surface area contributed by atoms with E-state index in [0.717, 1.165) is 23.5 Å². The first kappa shape index (κ1) is 12.2. The van der Waals surface area contributed by atoms with Gasteiger partial charge in [0.25, 0.3) is 0 Å². The summed E-state index contributed by atoms with van der Waals surface area (Å²) in [5.41, 5.74) is 3.68. The molecule has 2 heterocycles. The highest BCUT2D eigenvalue weighted by atomic mass is 35.5. The van der Waals surface area contributed by atoms with Gasteiger partial charge in [0.05, 0.1) is 15.2 Å². The molecule has 2 nitrogen and oxygen atoms in total. The number of hydrogen-bond donors (Lipinski definition) is 1. The Morgan fingerprint density at radius 1 is 1.20 bits per heavy atom. The van der Waals surface area contributed by atoms with Crippen molar-refractivity contribution in [3.63, 3.8) is 0 Å². The van der Waals surface area contributed by atoms with Crippen LogP contribution in [-0.2, 0) is 6.42 Å². The van der Waals surface area contributed by atoms with Gasteiger partial charge in [0.1, 0.15) is 0 Å². The van der Waals surface area contributed by atoms with E-state index in [-0.39, 0.29) is 0 Å². The van der Waals surface area contributed by atoms with Crippen LogP contribution in [0.2, 0.25) is 5.02 Å². The number of para-hydroxylation sites is 1. The third-order valence-electron chi connectivity index (χ3n) is 3.74. The van der Waals surface area contributed by atoms with Gasteiger partial charge in [0, 0.05) is 23.2 Å². The third kappa shape index (κ3) is 2.07. The number of nitrogens with one attached hydrogen (secondary N) is 1. The molecule has 4 rings (SSSR count). The highest BCUT2D eigenvalue weighted by Crippen LogP contribution is 2.35. The summed E-state index contributed by atoms with van der Waals surface area (Å²) in [4.78, 5) is 4.77. The molecule has 0 saturated heterocycles. The SMILES string of the molecule is Clc1ccc2nc(C3CNc4ccccc4C3)sc2c1. The van der Waals surface area contributed by atoms with E-state index in [2.05, 4.69) is 29.6 Å². The minimum atomic E-state index is 0.445. The quantitative estimate of drug-likeness (QED) is 0.704. The number of halogens is 1. The van der Waals surface area contributed by atoms with Crippen molar-refractivity contribution in [3.05, 3.63) is 58.1 Å². The Balaban J connectivity index is 1.70. The Kier molecular flexibility index (Phi) is 2.90. The van der Waals surface area contributed by atoms with Gasteiger partial charge in [-0.2, -0.15) is 0 Å². The maximum absolute atomic E-state index is 6.05. The summed E-state index contributed by atoms with van der Waals surface area (Å²) >= 11 is 7.80. The summed E-state index contributed by atoms with van der Waals surface area (Å²) in [6.07, 6.45) is 1.05. The number of benzene rings is 2. The fourth-order valence-corrected chi connectivity index (χ4v) is 4.05. The van der Waals surface area contributed by atoms with Gasteiger partial charge in [-0.05, 0) is 36.2 Å². The van der Waals surface area contributed by atoms with Crippen molar-refractivity contribution in [3.8, 4) is 0 Å². The molecule has 0 radical (unpaired) electrons. The first-order chi connectivity index (χ1) is 9.79. The van der Waals surface area contributed by atoms with Crippen molar-refractivity contribution in [2.24, 2.45) is 0 Å². The van der Waals surface area contributed by atoms with Crippen LogP contribution >= 0.6 is 22.9 Å². The summed E-state index contributed by atoms with van der Waals surface area (Å²) in [5.74, 6) is 0.445. The maximum Gasteiger partial charge on any atom is 0.0990 e. The molecule has 2 aromatic carbocycles. The summed E-state index contributed by atoms with van der Waals surface area (Å²) in [7, 11) is 0. The standard InChI is InChI=1S/C16H13ClN2S/c17-12-5-6-14-15(8-12)20-16(19-14)11-7-10-3-1-2-4-13(10)18-9-11/h1-6,8,11,18H,7,9H2. The van der Waals surface area contributed by atoms with Crippen LogP contribution in [0, 0.1) is 0 Å². The van der Waals surface area contributed by atoms with Gasteiger partial charge in [-0.25, -0.2) is 4.98 Å². The Hall–Kier alpha value is -1.58. The van der Waals surface area contributed by atoms with Crippen LogP contribution in [0.1, 0.15) is 16.5 Å². The molecule has 0 spiro atoms. The number of anilines is 1. The zero-order valence-corrected chi connectivity index (χ0v) is 12.3. The normalized spacial score (nSPS) is 17.8. The molecule has 0 amide bonds. The number of thiazole rings is 1. The lowest BCUT2D eigenvalue weighted by atomic mass is 9.94. The molecule has 0 aliphatic carbocycles. The minimum Gasteiger partial charge on any atom is -0.384 e. The monoisotopic (exact) mass is 300 g/mol. The Bertz CT molecular complexity index is 781. The first-order valence-corrected chi connectivity index (χ1v) is 7.87. The van der Waals surface area contributed by atoms with Crippen molar-refractivity contribution in [1.29, 1.82) is 0 Å². The van der Waals surface area contributed by atoms with Crippen LogP contribution in [0.25, 0.3) is 10.2 Å². The molecule has 3 aromatic rings. The fraction of sp³-hybridized carbons (Fsp3) is 0.188. The lowest BCUT2D eigenvalue weighted by Gasteiger charge is -2.24. The fourth-order valence-electron chi connectivity index (χ4n) is 2.71. The summed E-state index contributed by atoms with van der Waals surface area (Å²) in [5, 5.41) is 5.48. The zero-order valence-electron chi connectivity index (χ0n) is 10.8. The van der Waals surface area contributed by atoms with Gasteiger partial charge in [-0.1, -0.05) is 29.8 Å². The molecule has 4 heteroatoms. The van der Waals surface area contributed by atoms with Crippen LogP contribution in [0.4, 0.5) is 5.69 Å². The molecule has 1 aromatic heterocycles. The van der Waals surface area contributed by atoms with E-state index in [0.29, 0.717) is 5.92 Å². The molecule has 1 unspecified atom stereocenters. The molecule has 0 bridgehead atoms. The first-order valence-electron chi connectivity index (χ1n) is 6.67. The molecular formula is C16H13ClN2S. The highest BCUT2D eigenvalue weighted by Gasteiger charge is 2.22. The van der Waals surface area contributed by atoms with Crippen LogP contribution in [0.15, 0.2) is 42.5 Å². The van der Waals surface area contributed by atoms with E-state index < -0.39 is 0 Å². The Labute approximate surface area is 126 Å². The molecule has 100 valence electrons. The molecule has 1 N–H and O–H groups in total. The molecule has 1 atom stereocenters.